The topological polar surface area (TPSA) is 66.5 Å². The molecule has 0 fully saturated rings. The van der Waals surface area contributed by atoms with Crippen LogP contribution >= 0.6 is 0 Å². The zero-order chi connectivity index (χ0) is 19.7. The summed E-state index contributed by atoms with van der Waals surface area (Å²) in [7, 11) is -3.94. The highest BCUT2D eigenvalue weighted by Crippen LogP contribution is 2.32. The first-order valence-electron chi connectivity index (χ1n) is 8.73. The number of para-hydroxylation sites is 1. The summed E-state index contributed by atoms with van der Waals surface area (Å²) >= 11 is 0. The lowest BCUT2D eigenvalue weighted by molar-refractivity contribution is 0.0989. The zero-order valence-corrected chi connectivity index (χ0v) is 15.6. The predicted molar refractivity (Wildman–Crippen MR) is 105 cm³/mol. The largest absolute Gasteiger partial charge is 0.308 e. The number of nitrogens with one attached hydrogen (secondary N) is 1. The second-order valence-electron chi connectivity index (χ2n) is 6.45. The second kappa shape index (κ2) is 7.09. The van der Waals surface area contributed by atoms with Crippen molar-refractivity contribution in [2.45, 2.75) is 11.3 Å². The molecule has 28 heavy (non-hydrogen) atoms. The Morgan fingerprint density at radius 3 is 2.43 bits per heavy atom. The molecule has 4 rings (SSSR count). The van der Waals surface area contributed by atoms with Gasteiger partial charge in [0.05, 0.1) is 10.6 Å². The smallest absolute Gasteiger partial charge is 0.261 e. The third-order valence-corrected chi connectivity index (χ3v) is 6.00. The van der Waals surface area contributed by atoms with Crippen LogP contribution in [0.3, 0.4) is 0 Å². The molecule has 0 saturated heterocycles. The van der Waals surface area contributed by atoms with Gasteiger partial charge < -0.3 is 4.90 Å². The highest BCUT2D eigenvalue weighted by molar-refractivity contribution is 7.92. The average molecular weight is 396 g/mol. The van der Waals surface area contributed by atoms with Crippen molar-refractivity contribution in [3.63, 3.8) is 0 Å². The molecule has 7 heteroatoms. The third-order valence-electron chi connectivity index (χ3n) is 4.64. The molecule has 142 valence electrons. The maximum Gasteiger partial charge on any atom is 0.261 e. The molecule has 0 aliphatic carbocycles. The van der Waals surface area contributed by atoms with E-state index in [4.69, 9.17) is 0 Å². The summed E-state index contributed by atoms with van der Waals surface area (Å²) in [5, 5.41) is 0. The number of amides is 1. The second-order valence-corrected chi connectivity index (χ2v) is 8.13. The Bertz CT molecular complexity index is 1150. The van der Waals surface area contributed by atoms with Gasteiger partial charge in [-0.2, -0.15) is 0 Å². The fourth-order valence-electron chi connectivity index (χ4n) is 3.24. The van der Waals surface area contributed by atoms with E-state index in [1.54, 1.807) is 41.3 Å². The van der Waals surface area contributed by atoms with Crippen LogP contribution in [0.15, 0.2) is 77.7 Å². The third kappa shape index (κ3) is 3.36. The van der Waals surface area contributed by atoms with Gasteiger partial charge in [-0.1, -0.05) is 30.3 Å². The van der Waals surface area contributed by atoms with E-state index >= 15 is 0 Å². The summed E-state index contributed by atoms with van der Waals surface area (Å²) in [5.41, 5.74) is 1.93. The molecule has 0 radical (unpaired) electrons. The van der Waals surface area contributed by atoms with E-state index in [1.807, 2.05) is 6.07 Å². The highest BCUT2D eigenvalue weighted by Gasteiger charge is 2.27. The number of fused-ring (bicyclic) bond motifs is 1. The Labute approximate surface area is 162 Å². The van der Waals surface area contributed by atoms with Crippen LogP contribution in [-0.2, 0) is 16.4 Å². The van der Waals surface area contributed by atoms with E-state index in [2.05, 4.69) is 4.72 Å². The molecule has 1 aliphatic rings. The van der Waals surface area contributed by atoms with Crippen molar-refractivity contribution in [2.75, 3.05) is 16.2 Å². The Balaban J connectivity index is 1.62. The number of hydrogen-bond acceptors (Lipinski definition) is 3. The molecular formula is C21H17FN2O3S. The van der Waals surface area contributed by atoms with E-state index in [1.165, 1.54) is 30.3 Å². The van der Waals surface area contributed by atoms with Crippen LogP contribution in [-0.4, -0.2) is 20.9 Å². The molecule has 5 nitrogen and oxygen atoms in total. The number of hydrogen-bond donors (Lipinski definition) is 1. The first kappa shape index (κ1) is 18.2. The summed E-state index contributed by atoms with van der Waals surface area (Å²) in [4.78, 5) is 14.4. The Kier molecular flexibility index (Phi) is 4.60. The quantitative estimate of drug-likeness (QED) is 0.729. The van der Waals surface area contributed by atoms with Crippen molar-refractivity contribution in [3.05, 3.63) is 89.7 Å². The normalized spacial score (nSPS) is 13.2. The van der Waals surface area contributed by atoms with Gasteiger partial charge in [0.1, 0.15) is 5.82 Å². The van der Waals surface area contributed by atoms with Crippen LogP contribution in [0.1, 0.15) is 15.9 Å². The number of carbonyl (C=O) groups excluding carboxylic acids is 1. The van der Waals surface area contributed by atoms with Gasteiger partial charge in [-0.3, -0.25) is 9.52 Å². The number of benzene rings is 3. The standard InChI is InChI=1S/C21H17FN2O3S/c22-18-8-4-5-9-19(18)23-28(26,27)17-10-11-20-16(14-17)12-13-24(20)21(25)15-6-2-1-3-7-15/h1-11,14,23H,12-13H2. The van der Waals surface area contributed by atoms with Crippen molar-refractivity contribution in [3.8, 4) is 0 Å². The number of carbonyl (C=O) groups is 1. The van der Waals surface area contributed by atoms with Gasteiger partial charge in [-0.05, 0) is 54.4 Å². The SMILES string of the molecule is O=C(c1ccccc1)N1CCc2cc(S(=O)(=O)Nc3ccccc3F)ccc21. The van der Waals surface area contributed by atoms with Crippen molar-refractivity contribution in [2.24, 2.45) is 0 Å². The van der Waals surface area contributed by atoms with Gasteiger partial charge in [0, 0.05) is 17.8 Å². The fourth-order valence-corrected chi connectivity index (χ4v) is 4.36. The zero-order valence-electron chi connectivity index (χ0n) is 14.8. The maximum atomic E-state index is 13.8. The Morgan fingerprint density at radius 2 is 1.68 bits per heavy atom. The lowest BCUT2D eigenvalue weighted by atomic mass is 10.1. The summed E-state index contributed by atoms with van der Waals surface area (Å²) < 4.78 is 41.3. The highest BCUT2D eigenvalue weighted by atomic mass is 32.2. The van der Waals surface area contributed by atoms with Crippen molar-refractivity contribution < 1.29 is 17.6 Å². The summed E-state index contributed by atoms with van der Waals surface area (Å²) in [6.07, 6.45) is 0.553. The van der Waals surface area contributed by atoms with Crippen molar-refractivity contribution in [1.82, 2.24) is 0 Å². The number of rotatable bonds is 4. The molecule has 0 bridgehead atoms. The maximum absolute atomic E-state index is 13.8. The van der Waals surface area contributed by atoms with Crippen LogP contribution in [0.25, 0.3) is 0 Å². The van der Waals surface area contributed by atoms with Gasteiger partial charge in [-0.25, -0.2) is 12.8 Å². The summed E-state index contributed by atoms with van der Waals surface area (Å²) in [5.74, 6) is -0.772. The molecule has 1 amide bonds. The van der Waals surface area contributed by atoms with Gasteiger partial charge in [0.2, 0.25) is 0 Å². The van der Waals surface area contributed by atoms with Crippen molar-refractivity contribution >= 4 is 27.3 Å². The van der Waals surface area contributed by atoms with Crippen LogP contribution in [0.2, 0.25) is 0 Å². The van der Waals surface area contributed by atoms with Gasteiger partial charge in [-0.15, -0.1) is 0 Å². The average Bonchev–Trinajstić information content (AvgIpc) is 3.13. The molecule has 1 N–H and O–H groups in total. The van der Waals surface area contributed by atoms with E-state index < -0.39 is 15.8 Å². The summed E-state index contributed by atoms with van der Waals surface area (Å²) in [6, 6.07) is 19.1. The predicted octanol–water partition coefficient (Wildman–Crippen LogP) is 3.83. The minimum atomic E-state index is -3.94. The van der Waals surface area contributed by atoms with Crippen LogP contribution in [0.5, 0.6) is 0 Å². The Morgan fingerprint density at radius 1 is 0.964 bits per heavy atom. The first-order chi connectivity index (χ1) is 13.5. The number of halogens is 1. The van der Waals surface area contributed by atoms with Gasteiger partial charge >= 0.3 is 0 Å². The minimum absolute atomic E-state index is 0.0310. The molecule has 1 heterocycles. The molecule has 1 aliphatic heterocycles. The number of nitrogens with zero attached hydrogens (tertiary/aromatic N) is 1. The molecule has 0 unspecified atom stereocenters. The van der Waals surface area contributed by atoms with Crippen molar-refractivity contribution in [1.29, 1.82) is 0 Å². The molecule has 0 atom stereocenters. The molecule has 0 spiro atoms. The van der Waals surface area contributed by atoms with E-state index in [0.717, 1.165) is 5.56 Å². The van der Waals surface area contributed by atoms with Crippen LogP contribution < -0.4 is 9.62 Å². The van der Waals surface area contributed by atoms with Gasteiger partial charge in [0.25, 0.3) is 15.9 Å². The Hall–Kier alpha value is -3.19. The van der Waals surface area contributed by atoms with Crippen LogP contribution in [0, 0.1) is 5.82 Å². The first-order valence-corrected chi connectivity index (χ1v) is 10.2. The van der Waals surface area contributed by atoms with Crippen LogP contribution in [0.4, 0.5) is 15.8 Å². The fraction of sp³-hybridized carbons (Fsp3) is 0.0952. The van der Waals surface area contributed by atoms with E-state index in [9.17, 15) is 17.6 Å². The molecule has 3 aromatic carbocycles. The van der Waals surface area contributed by atoms with E-state index in [-0.39, 0.29) is 16.5 Å². The molecule has 3 aromatic rings. The lowest BCUT2D eigenvalue weighted by Crippen LogP contribution is -2.28. The molecular weight excluding hydrogens is 379 g/mol. The van der Waals surface area contributed by atoms with E-state index in [0.29, 0.717) is 24.2 Å². The van der Waals surface area contributed by atoms with Gasteiger partial charge in [0.15, 0.2) is 0 Å². The number of anilines is 2. The number of sulfonamides is 1. The lowest BCUT2D eigenvalue weighted by Gasteiger charge is -2.18. The monoisotopic (exact) mass is 396 g/mol. The minimum Gasteiger partial charge on any atom is -0.308 e. The molecule has 0 aromatic heterocycles. The molecule has 0 saturated carbocycles. The summed E-state index contributed by atoms with van der Waals surface area (Å²) in [6.45, 7) is 0.479.